The van der Waals surface area contributed by atoms with Gasteiger partial charge in [-0.1, -0.05) is 0 Å². The zero-order valence-corrected chi connectivity index (χ0v) is 9.76. The van der Waals surface area contributed by atoms with Crippen molar-refractivity contribution in [1.82, 2.24) is 0 Å². The second-order valence-electron chi connectivity index (χ2n) is 4.94. The molecule has 84 valence electrons. The summed E-state index contributed by atoms with van der Waals surface area (Å²) in [4.78, 5) is 0. The van der Waals surface area contributed by atoms with E-state index in [1.165, 1.54) is 0 Å². The van der Waals surface area contributed by atoms with Crippen molar-refractivity contribution < 1.29 is 14.2 Å². The summed E-state index contributed by atoms with van der Waals surface area (Å²) in [6.45, 7) is 8.46. The van der Waals surface area contributed by atoms with Crippen LogP contribution in [0.2, 0.25) is 0 Å². The van der Waals surface area contributed by atoms with Crippen molar-refractivity contribution in [3.63, 3.8) is 0 Å². The predicted molar refractivity (Wildman–Crippen MR) is 55.5 cm³/mol. The maximum atomic E-state index is 6.10. The van der Waals surface area contributed by atoms with E-state index in [0.717, 1.165) is 26.1 Å². The number of methoxy groups -OCH3 is 1. The van der Waals surface area contributed by atoms with E-state index in [1.807, 2.05) is 0 Å². The van der Waals surface area contributed by atoms with Crippen LogP contribution in [0.1, 0.15) is 33.6 Å². The highest BCUT2D eigenvalue weighted by atomic mass is 16.6. The lowest BCUT2D eigenvalue weighted by molar-refractivity contribution is -0.191. The van der Waals surface area contributed by atoms with Crippen LogP contribution in [0.3, 0.4) is 0 Å². The van der Waals surface area contributed by atoms with Crippen molar-refractivity contribution in [3.8, 4) is 0 Å². The Labute approximate surface area is 86.7 Å². The fraction of sp³-hybridized carbons (Fsp3) is 1.00. The van der Waals surface area contributed by atoms with Crippen LogP contribution in [0, 0.1) is 0 Å². The van der Waals surface area contributed by atoms with Crippen LogP contribution >= 0.6 is 0 Å². The van der Waals surface area contributed by atoms with Gasteiger partial charge in [0.05, 0.1) is 17.8 Å². The molecule has 0 bridgehead atoms. The van der Waals surface area contributed by atoms with Crippen molar-refractivity contribution in [2.45, 2.75) is 44.8 Å². The third-order valence-corrected chi connectivity index (χ3v) is 2.33. The molecule has 14 heavy (non-hydrogen) atoms. The Morgan fingerprint density at radius 2 is 1.79 bits per heavy atom. The molecular formula is C11H22O3. The van der Waals surface area contributed by atoms with Crippen LogP contribution in [0.5, 0.6) is 0 Å². The maximum absolute atomic E-state index is 6.10. The number of hydrogen-bond acceptors (Lipinski definition) is 3. The highest BCUT2D eigenvalue weighted by Crippen LogP contribution is 2.30. The molecule has 1 aliphatic rings. The van der Waals surface area contributed by atoms with Crippen LogP contribution in [-0.2, 0) is 14.2 Å². The zero-order chi connectivity index (χ0) is 10.7. The highest BCUT2D eigenvalue weighted by molar-refractivity contribution is 4.86. The normalized spacial score (nSPS) is 22.3. The first-order valence-electron chi connectivity index (χ1n) is 5.24. The fourth-order valence-corrected chi connectivity index (χ4v) is 1.93. The van der Waals surface area contributed by atoms with Crippen molar-refractivity contribution in [3.05, 3.63) is 0 Å². The first-order valence-corrected chi connectivity index (χ1v) is 5.24. The molecule has 1 fully saturated rings. The molecule has 3 nitrogen and oxygen atoms in total. The Morgan fingerprint density at radius 3 is 2.21 bits per heavy atom. The molecule has 1 aliphatic heterocycles. The minimum atomic E-state index is -0.134. The van der Waals surface area contributed by atoms with E-state index in [1.54, 1.807) is 7.11 Å². The Bertz CT molecular complexity index is 160. The van der Waals surface area contributed by atoms with Crippen LogP contribution in [0.25, 0.3) is 0 Å². The summed E-state index contributed by atoms with van der Waals surface area (Å²) in [5, 5.41) is 0. The van der Waals surface area contributed by atoms with E-state index >= 15 is 0 Å². The summed E-state index contributed by atoms with van der Waals surface area (Å²) in [5.74, 6) is 0. The molecule has 0 aliphatic carbocycles. The smallest absolute Gasteiger partial charge is 0.0965 e. The number of rotatable bonds is 3. The molecule has 1 rings (SSSR count). The number of hydrogen-bond donors (Lipinski definition) is 0. The first kappa shape index (κ1) is 12.0. The Hall–Kier alpha value is -0.120. The molecule has 0 radical (unpaired) electrons. The summed E-state index contributed by atoms with van der Waals surface area (Å²) < 4.78 is 16.7. The van der Waals surface area contributed by atoms with E-state index in [9.17, 15) is 0 Å². The molecule has 3 heteroatoms. The lowest BCUT2D eigenvalue weighted by atomic mass is 9.93. The third-order valence-electron chi connectivity index (χ3n) is 2.33. The fourth-order valence-electron chi connectivity index (χ4n) is 1.93. The predicted octanol–water partition coefficient (Wildman–Crippen LogP) is 2.00. The molecule has 0 unspecified atom stereocenters. The Balaban J connectivity index is 2.60. The van der Waals surface area contributed by atoms with E-state index < -0.39 is 0 Å². The van der Waals surface area contributed by atoms with Gasteiger partial charge in [0.25, 0.3) is 0 Å². The maximum Gasteiger partial charge on any atom is 0.0965 e. The molecule has 0 saturated carbocycles. The van der Waals surface area contributed by atoms with Gasteiger partial charge in [0, 0.05) is 33.2 Å². The largest absolute Gasteiger partial charge is 0.382 e. The van der Waals surface area contributed by atoms with Crippen LogP contribution < -0.4 is 0 Å². The lowest BCUT2D eigenvalue weighted by Gasteiger charge is -2.41. The Kier molecular flexibility index (Phi) is 3.93. The standard InChI is InChI=1S/C11H22O3/c1-10(2,3)14-11(9-12-4)5-7-13-8-6-11/h5-9H2,1-4H3. The van der Waals surface area contributed by atoms with Gasteiger partial charge >= 0.3 is 0 Å². The lowest BCUT2D eigenvalue weighted by Crippen LogP contribution is -2.47. The number of ether oxygens (including phenoxy) is 3. The summed E-state index contributed by atoms with van der Waals surface area (Å²) >= 11 is 0. The van der Waals surface area contributed by atoms with Crippen LogP contribution in [0.15, 0.2) is 0 Å². The minimum Gasteiger partial charge on any atom is -0.382 e. The average Bonchev–Trinajstić information content (AvgIpc) is 2.02. The van der Waals surface area contributed by atoms with Gasteiger partial charge in [-0.2, -0.15) is 0 Å². The summed E-state index contributed by atoms with van der Waals surface area (Å²) in [6.07, 6.45) is 1.86. The van der Waals surface area contributed by atoms with Gasteiger partial charge in [0.15, 0.2) is 0 Å². The van der Waals surface area contributed by atoms with Gasteiger partial charge in [-0.25, -0.2) is 0 Å². The highest BCUT2D eigenvalue weighted by Gasteiger charge is 2.37. The molecule has 0 aromatic heterocycles. The van der Waals surface area contributed by atoms with Gasteiger partial charge in [-0.05, 0) is 20.8 Å². The summed E-state index contributed by atoms with van der Waals surface area (Å²) in [5.41, 5.74) is -0.249. The van der Waals surface area contributed by atoms with Gasteiger partial charge in [0.2, 0.25) is 0 Å². The minimum absolute atomic E-state index is 0.115. The SMILES string of the molecule is COCC1(OC(C)(C)C)CCOCC1. The topological polar surface area (TPSA) is 27.7 Å². The second kappa shape index (κ2) is 4.60. The average molecular weight is 202 g/mol. The van der Waals surface area contributed by atoms with Crippen molar-refractivity contribution in [1.29, 1.82) is 0 Å². The zero-order valence-electron chi connectivity index (χ0n) is 9.76. The molecule has 0 amide bonds. The van der Waals surface area contributed by atoms with Gasteiger partial charge in [0.1, 0.15) is 0 Å². The Morgan fingerprint density at radius 1 is 1.21 bits per heavy atom. The van der Waals surface area contributed by atoms with E-state index in [0.29, 0.717) is 6.61 Å². The van der Waals surface area contributed by atoms with Crippen LogP contribution in [-0.4, -0.2) is 38.1 Å². The van der Waals surface area contributed by atoms with Gasteiger partial charge < -0.3 is 14.2 Å². The molecule has 0 atom stereocenters. The third kappa shape index (κ3) is 3.56. The van der Waals surface area contributed by atoms with Gasteiger partial charge in [-0.15, -0.1) is 0 Å². The molecule has 0 aromatic carbocycles. The molecule has 1 saturated heterocycles. The molecular weight excluding hydrogens is 180 g/mol. The van der Waals surface area contributed by atoms with E-state index in [4.69, 9.17) is 14.2 Å². The van der Waals surface area contributed by atoms with Gasteiger partial charge in [-0.3, -0.25) is 0 Å². The van der Waals surface area contributed by atoms with E-state index in [2.05, 4.69) is 20.8 Å². The molecule has 0 aromatic rings. The summed E-state index contributed by atoms with van der Waals surface area (Å²) in [7, 11) is 1.73. The van der Waals surface area contributed by atoms with Crippen LogP contribution in [0.4, 0.5) is 0 Å². The summed E-state index contributed by atoms with van der Waals surface area (Å²) in [6, 6.07) is 0. The van der Waals surface area contributed by atoms with Crippen molar-refractivity contribution in [2.24, 2.45) is 0 Å². The molecule has 0 N–H and O–H groups in total. The quantitative estimate of drug-likeness (QED) is 0.700. The molecule has 0 spiro atoms. The van der Waals surface area contributed by atoms with E-state index in [-0.39, 0.29) is 11.2 Å². The molecule has 1 heterocycles. The van der Waals surface area contributed by atoms with Crippen molar-refractivity contribution >= 4 is 0 Å². The monoisotopic (exact) mass is 202 g/mol. The second-order valence-corrected chi connectivity index (χ2v) is 4.94. The van der Waals surface area contributed by atoms with Crippen molar-refractivity contribution in [2.75, 3.05) is 26.9 Å². The first-order chi connectivity index (χ1) is 6.47.